The Labute approximate surface area is 156 Å². The van der Waals surface area contributed by atoms with Crippen LogP contribution in [0.15, 0.2) is 58.5 Å². The summed E-state index contributed by atoms with van der Waals surface area (Å²) in [5.74, 6) is 0.252. The Balaban J connectivity index is 1.82. The Morgan fingerprint density at radius 1 is 1.12 bits per heavy atom. The first kappa shape index (κ1) is 18.0. The number of methoxy groups -OCH3 is 1. The molecule has 1 N–H and O–H groups in total. The maximum atomic E-state index is 12.8. The molecule has 1 heterocycles. The van der Waals surface area contributed by atoms with Crippen LogP contribution < -0.4 is 10.1 Å². The maximum Gasteiger partial charge on any atom is 0.346 e. The van der Waals surface area contributed by atoms with Gasteiger partial charge in [0.05, 0.1) is 13.3 Å². The monoisotopic (exact) mass is 369 g/mol. The van der Waals surface area contributed by atoms with Gasteiger partial charge in [0.1, 0.15) is 11.3 Å². The van der Waals surface area contributed by atoms with Crippen molar-refractivity contribution in [2.24, 2.45) is 5.10 Å². The lowest BCUT2D eigenvalue weighted by Gasteiger charge is -2.21. The zero-order chi connectivity index (χ0) is 18.7. The first-order valence-electron chi connectivity index (χ1n) is 7.97. The van der Waals surface area contributed by atoms with E-state index in [1.807, 2.05) is 30.5 Å². The van der Waals surface area contributed by atoms with E-state index in [1.54, 1.807) is 50.1 Å². The molecule has 1 saturated heterocycles. The van der Waals surface area contributed by atoms with Crippen molar-refractivity contribution < 1.29 is 14.3 Å². The molecule has 0 unspecified atom stereocenters. The lowest BCUT2D eigenvalue weighted by atomic mass is 9.92. The number of amides is 3. The van der Waals surface area contributed by atoms with E-state index in [4.69, 9.17) is 4.74 Å². The van der Waals surface area contributed by atoms with Gasteiger partial charge in [-0.25, -0.2) is 4.79 Å². The quantitative estimate of drug-likeness (QED) is 0.499. The second-order valence-electron chi connectivity index (χ2n) is 5.92. The highest BCUT2D eigenvalue weighted by Crippen LogP contribution is 2.30. The van der Waals surface area contributed by atoms with Gasteiger partial charge >= 0.3 is 6.03 Å². The summed E-state index contributed by atoms with van der Waals surface area (Å²) in [7, 11) is 1.57. The zero-order valence-corrected chi connectivity index (χ0v) is 15.5. The summed E-state index contributed by atoms with van der Waals surface area (Å²) >= 11 is 1.64. The molecule has 0 radical (unpaired) electrons. The van der Waals surface area contributed by atoms with E-state index in [0.717, 1.165) is 15.5 Å². The SMILES string of the molecule is COc1ccc([C@]2(C)NC(=O)N(N=Cc3ccc(SC)cc3)C2=O)cc1. The third-order valence-corrected chi connectivity index (χ3v) is 5.02. The standard InChI is InChI=1S/C19H19N3O3S/c1-19(14-6-8-15(25-2)9-7-14)17(23)22(18(24)21-19)20-12-13-4-10-16(26-3)11-5-13/h4-12H,1-3H3,(H,21,24)/t19-/m0/s1. The minimum Gasteiger partial charge on any atom is -0.497 e. The first-order chi connectivity index (χ1) is 12.5. The number of carbonyl (C=O) groups is 2. The summed E-state index contributed by atoms with van der Waals surface area (Å²) in [4.78, 5) is 26.2. The van der Waals surface area contributed by atoms with Crippen LogP contribution in [0.3, 0.4) is 0 Å². The molecular formula is C19H19N3O3S. The fraction of sp³-hybridized carbons (Fsp3) is 0.211. The summed E-state index contributed by atoms with van der Waals surface area (Å²) in [5, 5.41) is 7.67. The van der Waals surface area contributed by atoms with Gasteiger partial charge in [0.2, 0.25) is 0 Å². The molecule has 26 heavy (non-hydrogen) atoms. The van der Waals surface area contributed by atoms with Gasteiger partial charge < -0.3 is 10.1 Å². The largest absolute Gasteiger partial charge is 0.497 e. The predicted molar refractivity (Wildman–Crippen MR) is 102 cm³/mol. The van der Waals surface area contributed by atoms with Gasteiger partial charge in [-0.2, -0.15) is 5.10 Å². The van der Waals surface area contributed by atoms with Crippen molar-refractivity contribution in [3.63, 3.8) is 0 Å². The van der Waals surface area contributed by atoms with Crippen LogP contribution in [0.2, 0.25) is 0 Å². The van der Waals surface area contributed by atoms with Gasteiger partial charge in [0.15, 0.2) is 0 Å². The lowest BCUT2D eigenvalue weighted by Crippen LogP contribution is -2.40. The molecule has 2 aromatic carbocycles. The smallest absolute Gasteiger partial charge is 0.346 e. The van der Waals surface area contributed by atoms with Crippen molar-refractivity contribution in [3.8, 4) is 5.75 Å². The number of imide groups is 1. The predicted octanol–water partition coefficient (Wildman–Crippen LogP) is 3.22. The van der Waals surface area contributed by atoms with Crippen molar-refractivity contribution in [2.75, 3.05) is 13.4 Å². The molecule has 3 rings (SSSR count). The van der Waals surface area contributed by atoms with Crippen LogP contribution in [0, 0.1) is 0 Å². The molecule has 0 bridgehead atoms. The summed E-state index contributed by atoms with van der Waals surface area (Å²) in [6.07, 6.45) is 3.50. The van der Waals surface area contributed by atoms with E-state index in [1.165, 1.54) is 6.21 Å². The van der Waals surface area contributed by atoms with Crippen molar-refractivity contribution in [1.29, 1.82) is 0 Å². The van der Waals surface area contributed by atoms with Crippen LogP contribution in [0.25, 0.3) is 0 Å². The van der Waals surface area contributed by atoms with Gasteiger partial charge in [0, 0.05) is 4.90 Å². The summed E-state index contributed by atoms with van der Waals surface area (Å²) in [6.45, 7) is 1.66. The van der Waals surface area contributed by atoms with Crippen molar-refractivity contribution in [2.45, 2.75) is 17.4 Å². The summed E-state index contributed by atoms with van der Waals surface area (Å²) < 4.78 is 5.13. The number of nitrogens with one attached hydrogen (secondary N) is 1. The Morgan fingerprint density at radius 2 is 1.77 bits per heavy atom. The average molecular weight is 369 g/mol. The van der Waals surface area contributed by atoms with Crippen LogP contribution >= 0.6 is 11.8 Å². The molecule has 1 aliphatic heterocycles. The number of hydrogen-bond donors (Lipinski definition) is 1. The normalized spacial score (nSPS) is 19.9. The minimum absolute atomic E-state index is 0.426. The van der Waals surface area contributed by atoms with Gasteiger partial charge in [-0.05, 0) is 48.6 Å². The van der Waals surface area contributed by atoms with Crippen LogP contribution in [0.1, 0.15) is 18.1 Å². The molecule has 0 spiro atoms. The molecule has 134 valence electrons. The topological polar surface area (TPSA) is 71.0 Å². The van der Waals surface area contributed by atoms with Crippen LogP contribution in [0.5, 0.6) is 5.75 Å². The van der Waals surface area contributed by atoms with E-state index < -0.39 is 17.5 Å². The van der Waals surface area contributed by atoms with E-state index in [0.29, 0.717) is 11.3 Å². The van der Waals surface area contributed by atoms with Crippen molar-refractivity contribution >= 4 is 29.9 Å². The molecule has 0 aromatic heterocycles. The third kappa shape index (κ3) is 3.30. The number of thioether (sulfide) groups is 1. The zero-order valence-electron chi connectivity index (χ0n) is 14.7. The molecule has 3 amide bonds. The molecule has 0 aliphatic carbocycles. The number of hydrazone groups is 1. The first-order valence-corrected chi connectivity index (χ1v) is 9.19. The van der Waals surface area contributed by atoms with E-state index in [9.17, 15) is 9.59 Å². The molecular weight excluding hydrogens is 350 g/mol. The van der Waals surface area contributed by atoms with Crippen LogP contribution in [-0.4, -0.2) is 36.5 Å². The van der Waals surface area contributed by atoms with Crippen LogP contribution in [0.4, 0.5) is 4.79 Å². The number of urea groups is 1. The third-order valence-electron chi connectivity index (χ3n) is 4.27. The number of rotatable bonds is 5. The Morgan fingerprint density at radius 3 is 2.35 bits per heavy atom. The van der Waals surface area contributed by atoms with E-state index >= 15 is 0 Å². The number of carbonyl (C=O) groups excluding carboxylic acids is 2. The summed E-state index contributed by atoms with van der Waals surface area (Å²) in [5.41, 5.74) is 0.309. The van der Waals surface area contributed by atoms with Crippen LogP contribution in [-0.2, 0) is 10.3 Å². The molecule has 7 heteroatoms. The number of hydrogen-bond acceptors (Lipinski definition) is 5. The lowest BCUT2D eigenvalue weighted by molar-refractivity contribution is -0.131. The fourth-order valence-corrected chi connectivity index (χ4v) is 3.07. The molecule has 1 aliphatic rings. The highest BCUT2D eigenvalue weighted by Gasteiger charge is 2.49. The number of nitrogens with zero attached hydrogens (tertiary/aromatic N) is 2. The van der Waals surface area contributed by atoms with E-state index in [2.05, 4.69) is 10.4 Å². The molecule has 1 atom stereocenters. The van der Waals surface area contributed by atoms with Gasteiger partial charge in [0.25, 0.3) is 5.91 Å². The number of ether oxygens (including phenoxy) is 1. The van der Waals surface area contributed by atoms with Crippen molar-refractivity contribution in [3.05, 3.63) is 59.7 Å². The molecule has 6 nitrogen and oxygen atoms in total. The molecule has 1 fully saturated rings. The maximum absolute atomic E-state index is 12.8. The minimum atomic E-state index is -1.16. The Hall–Kier alpha value is -2.80. The Kier molecular flexibility index (Phi) is 4.99. The Bertz CT molecular complexity index is 849. The van der Waals surface area contributed by atoms with Crippen molar-refractivity contribution in [1.82, 2.24) is 10.3 Å². The van der Waals surface area contributed by atoms with E-state index in [-0.39, 0.29) is 0 Å². The molecule has 0 saturated carbocycles. The van der Waals surface area contributed by atoms with Gasteiger partial charge in [-0.15, -0.1) is 16.8 Å². The average Bonchev–Trinajstić information content (AvgIpc) is 2.90. The van der Waals surface area contributed by atoms with Gasteiger partial charge in [-0.3, -0.25) is 4.79 Å². The second-order valence-corrected chi connectivity index (χ2v) is 6.80. The second kappa shape index (κ2) is 7.21. The number of benzene rings is 2. The fourth-order valence-electron chi connectivity index (χ4n) is 2.66. The summed E-state index contributed by atoms with van der Waals surface area (Å²) in [6, 6.07) is 14.1. The highest BCUT2D eigenvalue weighted by molar-refractivity contribution is 7.98. The van der Waals surface area contributed by atoms with Gasteiger partial charge in [-0.1, -0.05) is 24.3 Å². The highest BCUT2D eigenvalue weighted by atomic mass is 32.2. The molecule has 2 aromatic rings.